The lowest BCUT2D eigenvalue weighted by Gasteiger charge is -2.07. The number of aryl methyl sites for hydroxylation is 1. The first-order valence-corrected chi connectivity index (χ1v) is 7.71. The summed E-state index contributed by atoms with van der Waals surface area (Å²) in [6.07, 6.45) is 2.12. The average Bonchev–Trinajstić information content (AvgIpc) is 2.93. The minimum atomic E-state index is -0.850. The maximum Gasteiger partial charge on any atom is 0.325 e. The summed E-state index contributed by atoms with van der Waals surface area (Å²) in [7, 11) is 1.59. The fraction of sp³-hybridized carbons (Fsp3) is 0.267. The number of hydrogen-bond donors (Lipinski definition) is 3. The summed E-state index contributed by atoms with van der Waals surface area (Å²) in [5.41, 5.74) is 1.45. The smallest absolute Gasteiger partial charge is 0.325 e. The van der Waals surface area contributed by atoms with Gasteiger partial charge in [-0.2, -0.15) is 0 Å². The minimum Gasteiger partial charge on any atom is -0.481 e. The van der Waals surface area contributed by atoms with Gasteiger partial charge in [0.15, 0.2) is 5.13 Å². The maximum absolute atomic E-state index is 11.9. The van der Waals surface area contributed by atoms with E-state index in [9.17, 15) is 9.59 Å². The van der Waals surface area contributed by atoms with E-state index < -0.39 is 12.0 Å². The molecule has 0 radical (unpaired) electrons. The van der Waals surface area contributed by atoms with E-state index in [0.29, 0.717) is 23.8 Å². The Kier molecular flexibility index (Phi) is 6.07. The number of urea groups is 1. The number of thiazole rings is 1. The van der Waals surface area contributed by atoms with Crippen molar-refractivity contribution in [2.45, 2.75) is 19.4 Å². The predicted octanol–water partition coefficient (Wildman–Crippen LogP) is 2.95. The molecular weight excluding hydrogens is 318 g/mol. The number of carbonyl (C=O) groups excluding carboxylic acids is 1. The van der Waals surface area contributed by atoms with Crippen molar-refractivity contribution in [3.63, 3.8) is 0 Å². The molecule has 0 atom stereocenters. The number of ether oxygens (including phenoxy) is 1. The number of rotatable bonds is 7. The molecule has 0 unspecified atom stereocenters. The van der Waals surface area contributed by atoms with Gasteiger partial charge in [0, 0.05) is 25.4 Å². The second-order valence-electron chi connectivity index (χ2n) is 4.74. The molecule has 0 aliphatic rings. The molecule has 0 aliphatic heterocycles. The molecule has 23 heavy (non-hydrogen) atoms. The van der Waals surface area contributed by atoms with Gasteiger partial charge >= 0.3 is 12.0 Å². The monoisotopic (exact) mass is 335 g/mol. The van der Waals surface area contributed by atoms with Crippen LogP contribution in [0.1, 0.15) is 16.9 Å². The summed E-state index contributed by atoms with van der Waals surface area (Å²) in [5, 5.41) is 14.5. The van der Waals surface area contributed by atoms with Crippen molar-refractivity contribution in [2.24, 2.45) is 0 Å². The van der Waals surface area contributed by atoms with Crippen LogP contribution in [-0.4, -0.2) is 29.2 Å². The summed E-state index contributed by atoms with van der Waals surface area (Å²) >= 11 is 1.34. The first-order chi connectivity index (χ1) is 11.1. The standard InChI is InChI=1S/C15H17N3O4S/c1-22-9-12-8-16-15(23-12)18-14(21)17-11-4-2-3-10(7-11)5-6-13(19)20/h2-4,7-8H,5-6,9H2,1H3,(H,19,20)(H2,16,17,18,21). The Morgan fingerprint density at radius 3 is 2.91 bits per heavy atom. The molecule has 8 heteroatoms. The van der Waals surface area contributed by atoms with Crippen LogP contribution in [0.15, 0.2) is 30.5 Å². The van der Waals surface area contributed by atoms with Gasteiger partial charge in [-0.1, -0.05) is 23.5 Å². The van der Waals surface area contributed by atoms with Crippen LogP contribution in [-0.2, 0) is 22.6 Å². The van der Waals surface area contributed by atoms with Gasteiger partial charge in [0.05, 0.1) is 11.5 Å². The fourth-order valence-electron chi connectivity index (χ4n) is 1.89. The van der Waals surface area contributed by atoms with Crippen LogP contribution in [0, 0.1) is 0 Å². The Bertz CT molecular complexity index is 687. The number of aromatic nitrogens is 1. The lowest BCUT2D eigenvalue weighted by atomic mass is 10.1. The number of carboxylic acids is 1. The van der Waals surface area contributed by atoms with Gasteiger partial charge in [-0.25, -0.2) is 9.78 Å². The molecule has 0 aliphatic carbocycles. The molecule has 1 aromatic heterocycles. The van der Waals surface area contributed by atoms with Gasteiger partial charge in [-0.3, -0.25) is 10.1 Å². The summed E-state index contributed by atoms with van der Waals surface area (Å²) < 4.78 is 5.00. The van der Waals surface area contributed by atoms with Gasteiger partial charge in [0.25, 0.3) is 0 Å². The summed E-state index contributed by atoms with van der Waals surface area (Å²) in [6, 6.07) is 6.68. The van der Waals surface area contributed by atoms with E-state index in [1.807, 2.05) is 6.07 Å². The van der Waals surface area contributed by atoms with Crippen molar-refractivity contribution in [2.75, 3.05) is 17.7 Å². The second-order valence-corrected chi connectivity index (χ2v) is 5.85. The quantitative estimate of drug-likeness (QED) is 0.722. The molecule has 2 aromatic rings. The molecule has 0 saturated carbocycles. The van der Waals surface area contributed by atoms with Crippen molar-refractivity contribution in [1.82, 2.24) is 4.98 Å². The molecule has 0 saturated heterocycles. The third-order valence-corrected chi connectivity index (χ3v) is 3.76. The van der Waals surface area contributed by atoms with Crippen LogP contribution < -0.4 is 10.6 Å². The number of anilines is 2. The van der Waals surface area contributed by atoms with Gasteiger partial charge in [-0.05, 0) is 24.1 Å². The number of amides is 2. The van der Waals surface area contributed by atoms with Crippen LogP contribution >= 0.6 is 11.3 Å². The Morgan fingerprint density at radius 2 is 2.17 bits per heavy atom. The van der Waals surface area contributed by atoms with Gasteiger partial charge in [0.2, 0.25) is 0 Å². The van der Waals surface area contributed by atoms with Crippen molar-refractivity contribution >= 4 is 34.2 Å². The Balaban J connectivity index is 1.91. The molecule has 2 rings (SSSR count). The molecule has 122 valence electrons. The highest BCUT2D eigenvalue weighted by Crippen LogP contribution is 2.19. The number of carboxylic acid groups (broad SMARTS) is 1. The van der Waals surface area contributed by atoms with E-state index in [1.54, 1.807) is 31.5 Å². The van der Waals surface area contributed by atoms with Crippen LogP contribution in [0.4, 0.5) is 15.6 Å². The van der Waals surface area contributed by atoms with E-state index in [0.717, 1.165) is 10.4 Å². The van der Waals surface area contributed by atoms with Crippen molar-refractivity contribution < 1.29 is 19.4 Å². The van der Waals surface area contributed by atoms with Crippen LogP contribution in [0.3, 0.4) is 0 Å². The van der Waals surface area contributed by atoms with Crippen LogP contribution in [0.5, 0.6) is 0 Å². The Labute approximate surface area is 137 Å². The number of nitrogens with zero attached hydrogens (tertiary/aromatic N) is 1. The fourth-order valence-corrected chi connectivity index (χ4v) is 2.67. The van der Waals surface area contributed by atoms with Crippen molar-refractivity contribution in [1.29, 1.82) is 0 Å². The van der Waals surface area contributed by atoms with E-state index in [-0.39, 0.29) is 6.42 Å². The highest BCUT2D eigenvalue weighted by Gasteiger charge is 2.07. The zero-order valence-corrected chi connectivity index (χ0v) is 13.4. The van der Waals surface area contributed by atoms with Crippen molar-refractivity contribution in [3.8, 4) is 0 Å². The summed E-state index contributed by atoms with van der Waals surface area (Å²) in [4.78, 5) is 27.5. The Morgan fingerprint density at radius 1 is 1.35 bits per heavy atom. The molecule has 7 nitrogen and oxygen atoms in total. The van der Waals surface area contributed by atoms with E-state index >= 15 is 0 Å². The minimum absolute atomic E-state index is 0.0526. The number of nitrogens with one attached hydrogen (secondary N) is 2. The highest BCUT2D eigenvalue weighted by molar-refractivity contribution is 7.15. The van der Waals surface area contributed by atoms with Gasteiger partial charge in [-0.15, -0.1) is 0 Å². The summed E-state index contributed by atoms with van der Waals surface area (Å²) in [5.74, 6) is -0.850. The molecule has 1 heterocycles. The number of methoxy groups -OCH3 is 1. The molecule has 0 fully saturated rings. The van der Waals surface area contributed by atoms with Crippen molar-refractivity contribution in [3.05, 3.63) is 40.9 Å². The normalized spacial score (nSPS) is 10.3. The third kappa shape index (κ3) is 5.68. The lowest BCUT2D eigenvalue weighted by Crippen LogP contribution is -2.19. The first-order valence-electron chi connectivity index (χ1n) is 6.89. The van der Waals surface area contributed by atoms with Gasteiger partial charge < -0.3 is 15.2 Å². The van der Waals surface area contributed by atoms with E-state index in [4.69, 9.17) is 9.84 Å². The summed E-state index contributed by atoms with van der Waals surface area (Å²) in [6.45, 7) is 0.451. The molecule has 1 aromatic carbocycles. The second kappa shape index (κ2) is 8.25. The average molecular weight is 335 g/mol. The molecule has 0 spiro atoms. The molecular formula is C15H17N3O4S. The third-order valence-electron chi connectivity index (χ3n) is 2.87. The van der Waals surface area contributed by atoms with E-state index in [2.05, 4.69) is 15.6 Å². The lowest BCUT2D eigenvalue weighted by molar-refractivity contribution is -0.136. The topological polar surface area (TPSA) is 101 Å². The zero-order valence-electron chi connectivity index (χ0n) is 12.5. The molecule has 2 amide bonds. The maximum atomic E-state index is 11.9. The van der Waals surface area contributed by atoms with Gasteiger partial charge in [0.1, 0.15) is 0 Å². The molecule has 3 N–H and O–H groups in total. The number of carbonyl (C=O) groups is 2. The highest BCUT2D eigenvalue weighted by atomic mass is 32.1. The predicted molar refractivity (Wildman–Crippen MR) is 87.9 cm³/mol. The van der Waals surface area contributed by atoms with E-state index in [1.165, 1.54) is 11.3 Å². The first kappa shape index (κ1) is 16.9. The largest absolute Gasteiger partial charge is 0.481 e. The zero-order chi connectivity index (χ0) is 16.7. The number of benzene rings is 1. The van der Waals surface area contributed by atoms with Crippen LogP contribution in [0.2, 0.25) is 0 Å². The Hall–Kier alpha value is -2.45. The number of aliphatic carboxylic acids is 1. The van der Waals surface area contributed by atoms with Crippen LogP contribution in [0.25, 0.3) is 0 Å². The molecule has 0 bridgehead atoms. The number of hydrogen-bond acceptors (Lipinski definition) is 5. The SMILES string of the molecule is COCc1cnc(NC(=O)Nc2cccc(CCC(=O)O)c2)s1.